The lowest BCUT2D eigenvalue weighted by Crippen LogP contribution is -2.67. The van der Waals surface area contributed by atoms with Gasteiger partial charge in [0.1, 0.15) is 5.54 Å². The molecule has 1 aromatic heterocycles. The molecule has 1 N–H and O–H groups in total. The average Bonchev–Trinajstić information content (AvgIpc) is 3.53. The second-order valence-electron chi connectivity index (χ2n) is 8.00. The summed E-state index contributed by atoms with van der Waals surface area (Å²) in [6.07, 6.45) is -3.40. The zero-order valence-corrected chi connectivity index (χ0v) is 17.4. The zero-order chi connectivity index (χ0) is 23.2. The van der Waals surface area contributed by atoms with Gasteiger partial charge in [-0.05, 0) is 31.7 Å². The number of hydrogen-bond donors (Lipinski definition) is 1. The standard InChI is InChI=1S/C20H24F5N3O3/c1-4-18(5-2,17(30)28-9-19(21,22)10-28)27-16(29)15-13(31-3)8-12(20(23,24)25)14(26-15)11-6-7-11/h8,11H,4-7,9-10H2,1-3H3,(H,27,29). The molecular formula is C20H24F5N3O3. The Labute approximate surface area is 176 Å². The summed E-state index contributed by atoms with van der Waals surface area (Å²) in [7, 11) is 1.12. The number of rotatable bonds is 7. The number of hydrogen-bond acceptors (Lipinski definition) is 4. The third-order valence-electron chi connectivity index (χ3n) is 5.82. The van der Waals surface area contributed by atoms with E-state index in [9.17, 15) is 31.5 Å². The van der Waals surface area contributed by atoms with Crippen LogP contribution in [-0.4, -0.2) is 53.4 Å². The van der Waals surface area contributed by atoms with Crippen LogP contribution in [0.1, 0.15) is 67.2 Å². The summed E-state index contributed by atoms with van der Waals surface area (Å²) in [5.74, 6) is -5.30. The largest absolute Gasteiger partial charge is 0.494 e. The first-order chi connectivity index (χ1) is 14.4. The minimum absolute atomic E-state index is 0.106. The third kappa shape index (κ3) is 4.45. The van der Waals surface area contributed by atoms with E-state index >= 15 is 0 Å². The van der Waals surface area contributed by atoms with Crippen molar-refractivity contribution in [1.82, 2.24) is 15.2 Å². The number of nitrogens with zero attached hydrogens (tertiary/aromatic N) is 2. The van der Waals surface area contributed by atoms with Crippen molar-refractivity contribution in [3.63, 3.8) is 0 Å². The molecule has 1 aromatic rings. The summed E-state index contributed by atoms with van der Waals surface area (Å²) < 4.78 is 71.8. The van der Waals surface area contributed by atoms with Crippen molar-refractivity contribution >= 4 is 11.8 Å². The zero-order valence-electron chi connectivity index (χ0n) is 17.4. The molecule has 1 aliphatic carbocycles. The number of alkyl halides is 5. The minimum atomic E-state index is -4.66. The molecular weight excluding hydrogens is 425 g/mol. The van der Waals surface area contributed by atoms with Gasteiger partial charge in [-0.2, -0.15) is 13.2 Å². The Morgan fingerprint density at radius 2 is 1.81 bits per heavy atom. The molecule has 31 heavy (non-hydrogen) atoms. The van der Waals surface area contributed by atoms with E-state index in [2.05, 4.69) is 10.3 Å². The average molecular weight is 449 g/mol. The number of ether oxygens (including phenoxy) is 1. The maximum absolute atomic E-state index is 13.5. The van der Waals surface area contributed by atoms with Gasteiger partial charge in [-0.1, -0.05) is 13.8 Å². The van der Waals surface area contributed by atoms with Crippen LogP contribution in [0.4, 0.5) is 22.0 Å². The Bertz CT molecular complexity index is 872. The topological polar surface area (TPSA) is 71.5 Å². The van der Waals surface area contributed by atoms with Gasteiger partial charge in [-0.3, -0.25) is 9.59 Å². The number of halogens is 5. The number of methoxy groups -OCH3 is 1. The number of aromatic nitrogens is 1. The molecule has 0 spiro atoms. The van der Waals surface area contributed by atoms with Gasteiger partial charge in [0.05, 0.1) is 31.5 Å². The lowest BCUT2D eigenvalue weighted by atomic mass is 9.89. The van der Waals surface area contributed by atoms with Gasteiger partial charge in [0.2, 0.25) is 5.91 Å². The van der Waals surface area contributed by atoms with Crippen LogP contribution >= 0.6 is 0 Å². The molecule has 0 radical (unpaired) electrons. The molecule has 0 atom stereocenters. The minimum Gasteiger partial charge on any atom is -0.494 e. The van der Waals surface area contributed by atoms with Gasteiger partial charge in [0.25, 0.3) is 11.8 Å². The van der Waals surface area contributed by atoms with Crippen LogP contribution in [-0.2, 0) is 11.0 Å². The molecule has 3 rings (SSSR count). The quantitative estimate of drug-likeness (QED) is 0.644. The summed E-state index contributed by atoms with van der Waals surface area (Å²) in [6, 6.07) is 0.743. The van der Waals surface area contributed by atoms with Crippen molar-refractivity contribution in [2.75, 3.05) is 20.2 Å². The van der Waals surface area contributed by atoms with Crippen molar-refractivity contribution in [1.29, 1.82) is 0 Å². The van der Waals surface area contributed by atoms with E-state index in [-0.39, 0.29) is 30.0 Å². The van der Waals surface area contributed by atoms with Gasteiger partial charge in [-0.25, -0.2) is 13.8 Å². The summed E-state index contributed by atoms with van der Waals surface area (Å²) >= 11 is 0. The SMILES string of the molecule is CCC(CC)(NC(=O)c1nc(C2CC2)c(C(F)(F)F)cc1OC)C(=O)N1CC(F)(F)C1. The predicted octanol–water partition coefficient (Wildman–Crippen LogP) is 3.75. The van der Waals surface area contributed by atoms with Crippen LogP contribution in [0, 0.1) is 0 Å². The number of pyridine rings is 1. The summed E-state index contributed by atoms with van der Waals surface area (Å²) in [4.78, 5) is 30.8. The van der Waals surface area contributed by atoms with E-state index in [1.165, 1.54) is 0 Å². The molecule has 0 bridgehead atoms. The first-order valence-corrected chi connectivity index (χ1v) is 10.0. The Balaban J connectivity index is 1.93. The lowest BCUT2D eigenvalue weighted by molar-refractivity contribution is -0.172. The van der Waals surface area contributed by atoms with Crippen molar-refractivity contribution in [3.8, 4) is 5.75 Å². The highest BCUT2D eigenvalue weighted by atomic mass is 19.4. The molecule has 0 unspecified atom stereocenters. The second-order valence-corrected chi connectivity index (χ2v) is 8.00. The smallest absolute Gasteiger partial charge is 0.418 e. The highest BCUT2D eigenvalue weighted by molar-refractivity contribution is 6.00. The fourth-order valence-corrected chi connectivity index (χ4v) is 3.74. The van der Waals surface area contributed by atoms with Crippen LogP contribution < -0.4 is 10.1 Å². The molecule has 11 heteroatoms. The molecule has 172 valence electrons. The normalized spacial score (nSPS) is 18.4. The fraction of sp³-hybridized carbons (Fsp3) is 0.650. The van der Waals surface area contributed by atoms with E-state index in [4.69, 9.17) is 4.74 Å². The van der Waals surface area contributed by atoms with Crippen molar-refractivity contribution < 1.29 is 36.3 Å². The number of likely N-dealkylation sites (tertiary alicyclic amines) is 1. The first-order valence-electron chi connectivity index (χ1n) is 10.0. The van der Waals surface area contributed by atoms with Crippen molar-refractivity contribution in [2.24, 2.45) is 0 Å². The fourth-order valence-electron chi connectivity index (χ4n) is 3.74. The van der Waals surface area contributed by atoms with Crippen molar-refractivity contribution in [2.45, 2.75) is 63.1 Å². The van der Waals surface area contributed by atoms with Crippen LogP contribution in [0.3, 0.4) is 0 Å². The molecule has 2 fully saturated rings. The van der Waals surface area contributed by atoms with Gasteiger partial charge in [-0.15, -0.1) is 0 Å². The Morgan fingerprint density at radius 1 is 1.23 bits per heavy atom. The van der Waals surface area contributed by atoms with Gasteiger partial charge < -0.3 is 15.0 Å². The van der Waals surface area contributed by atoms with Crippen LogP contribution in [0.2, 0.25) is 0 Å². The molecule has 1 saturated carbocycles. The van der Waals surface area contributed by atoms with Crippen LogP contribution in [0.25, 0.3) is 0 Å². The maximum Gasteiger partial charge on any atom is 0.418 e. The molecule has 2 amide bonds. The number of amides is 2. The van der Waals surface area contributed by atoms with E-state index in [1.807, 2.05) is 0 Å². The predicted molar refractivity (Wildman–Crippen MR) is 100 cm³/mol. The summed E-state index contributed by atoms with van der Waals surface area (Å²) in [6.45, 7) is 1.76. The highest BCUT2D eigenvalue weighted by Crippen LogP contribution is 2.46. The number of carbonyl (C=O) groups is 2. The van der Waals surface area contributed by atoms with E-state index in [1.54, 1.807) is 13.8 Å². The Morgan fingerprint density at radius 3 is 2.23 bits per heavy atom. The van der Waals surface area contributed by atoms with E-state index < -0.39 is 54.0 Å². The van der Waals surface area contributed by atoms with E-state index in [0.29, 0.717) is 12.8 Å². The molecule has 6 nitrogen and oxygen atoms in total. The first kappa shape index (κ1) is 23.2. The van der Waals surface area contributed by atoms with Crippen LogP contribution in [0.15, 0.2) is 6.07 Å². The Hall–Kier alpha value is -2.46. The third-order valence-corrected chi connectivity index (χ3v) is 5.82. The van der Waals surface area contributed by atoms with E-state index in [0.717, 1.165) is 18.1 Å². The second kappa shape index (κ2) is 7.90. The highest BCUT2D eigenvalue weighted by Gasteiger charge is 2.51. The number of nitrogens with one attached hydrogen (secondary N) is 1. The lowest BCUT2D eigenvalue weighted by Gasteiger charge is -2.44. The molecule has 1 saturated heterocycles. The molecule has 2 heterocycles. The Kier molecular flexibility index (Phi) is 5.92. The monoisotopic (exact) mass is 449 g/mol. The molecule has 0 aromatic carbocycles. The number of carbonyl (C=O) groups excluding carboxylic acids is 2. The molecule has 1 aliphatic heterocycles. The van der Waals surface area contributed by atoms with Crippen LogP contribution in [0.5, 0.6) is 5.75 Å². The van der Waals surface area contributed by atoms with Crippen molar-refractivity contribution in [3.05, 3.63) is 23.0 Å². The van der Waals surface area contributed by atoms with Gasteiger partial charge in [0.15, 0.2) is 11.4 Å². The summed E-state index contributed by atoms with van der Waals surface area (Å²) in [5.41, 5.74) is -3.04. The maximum atomic E-state index is 13.5. The van der Waals surface area contributed by atoms with Gasteiger partial charge >= 0.3 is 6.18 Å². The van der Waals surface area contributed by atoms with Gasteiger partial charge in [0, 0.05) is 5.92 Å². The summed E-state index contributed by atoms with van der Waals surface area (Å²) in [5, 5.41) is 2.54. The molecule has 2 aliphatic rings.